The van der Waals surface area contributed by atoms with Gasteiger partial charge in [0.2, 0.25) is 0 Å². The second kappa shape index (κ2) is 6.56. The third kappa shape index (κ3) is 4.42. The fourth-order valence-electron chi connectivity index (χ4n) is 1.55. The minimum absolute atomic E-state index is 0.0888. The average Bonchev–Trinajstić information content (AvgIpc) is 2.29. The van der Waals surface area contributed by atoms with Crippen LogP contribution in [0.5, 0.6) is 0 Å². The molecule has 1 unspecified atom stereocenters. The van der Waals surface area contributed by atoms with Gasteiger partial charge < -0.3 is 16.2 Å². The van der Waals surface area contributed by atoms with Gasteiger partial charge in [0.25, 0.3) is 0 Å². The van der Waals surface area contributed by atoms with E-state index >= 15 is 0 Å². The molecule has 0 heterocycles. The number of rotatable bonds is 6. The van der Waals surface area contributed by atoms with Gasteiger partial charge in [-0.15, -0.1) is 0 Å². The maximum Gasteiger partial charge on any atom is 0.0587 e. The minimum atomic E-state index is 0.0888. The highest BCUT2D eigenvalue weighted by Crippen LogP contribution is 2.03. The van der Waals surface area contributed by atoms with E-state index in [9.17, 15) is 5.11 Å². The van der Waals surface area contributed by atoms with Gasteiger partial charge in [-0.2, -0.15) is 0 Å². The quantitative estimate of drug-likeness (QED) is 0.639. The fraction of sp³-hybridized carbons (Fsp3) is 0.500. The fourth-order valence-corrected chi connectivity index (χ4v) is 1.55. The molecule has 2 atom stereocenters. The van der Waals surface area contributed by atoms with Gasteiger partial charge in [-0.25, -0.2) is 0 Å². The van der Waals surface area contributed by atoms with E-state index in [2.05, 4.69) is 17.4 Å². The summed E-state index contributed by atoms with van der Waals surface area (Å²) in [6.07, 6.45) is 0.835. The van der Waals surface area contributed by atoms with Crippen molar-refractivity contribution in [1.29, 1.82) is 0 Å². The van der Waals surface area contributed by atoms with Gasteiger partial charge in [-0.05, 0) is 18.9 Å². The lowest BCUT2D eigenvalue weighted by atomic mass is 10.1. The van der Waals surface area contributed by atoms with Crippen LogP contribution < -0.4 is 11.1 Å². The Morgan fingerprint density at radius 3 is 2.53 bits per heavy atom. The summed E-state index contributed by atoms with van der Waals surface area (Å²) in [5.74, 6) is 0. The number of nitrogens with one attached hydrogen (secondary N) is 1. The molecule has 0 saturated heterocycles. The molecule has 0 fully saturated rings. The lowest BCUT2D eigenvalue weighted by Crippen LogP contribution is -2.43. The summed E-state index contributed by atoms with van der Waals surface area (Å²) in [4.78, 5) is 0. The van der Waals surface area contributed by atoms with Crippen molar-refractivity contribution in [3.63, 3.8) is 0 Å². The molecule has 0 aliphatic rings. The van der Waals surface area contributed by atoms with Crippen molar-refractivity contribution in [3.8, 4) is 0 Å². The van der Waals surface area contributed by atoms with Crippen LogP contribution in [0.15, 0.2) is 30.3 Å². The molecule has 0 aliphatic heterocycles. The monoisotopic (exact) mass is 208 g/mol. The first-order valence-electron chi connectivity index (χ1n) is 5.37. The highest BCUT2D eigenvalue weighted by Gasteiger charge is 2.10. The zero-order valence-electron chi connectivity index (χ0n) is 9.19. The molecule has 3 heteroatoms. The van der Waals surface area contributed by atoms with Crippen molar-refractivity contribution >= 4 is 0 Å². The van der Waals surface area contributed by atoms with Gasteiger partial charge in [0.05, 0.1) is 6.61 Å². The largest absolute Gasteiger partial charge is 0.395 e. The van der Waals surface area contributed by atoms with Crippen LogP contribution in [0.4, 0.5) is 0 Å². The predicted octanol–water partition coefficient (Wildman–Crippen LogP) is 0.527. The van der Waals surface area contributed by atoms with E-state index in [1.807, 2.05) is 25.1 Å². The van der Waals surface area contributed by atoms with Gasteiger partial charge in [0, 0.05) is 18.6 Å². The molecule has 0 saturated carbocycles. The molecule has 0 spiro atoms. The Kier molecular flexibility index (Phi) is 5.32. The maximum absolute atomic E-state index is 9.23. The summed E-state index contributed by atoms with van der Waals surface area (Å²) >= 11 is 0. The molecule has 84 valence electrons. The van der Waals surface area contributed by atoms with E-state index in [0.29, 0.717) is 6.54 Å². The molecule has 3 nitrogen and oxygen atoms in total. The normalized spacial score (nSPS) is 14.9. The standard InChI is InChI=1S/C12H20N2O/c1-10(8-13)14-12(9-15)7-11-5-3-2-4-6-11/h2-6,10,12,14-15H,7-9,13H2,1H3/t10?,12-/m1/s1. The SMILES string of the molecule is CC(CN)N[C@@H](CO)Cc1ccccc1. The molecular formula is C12H20N2O. The summed E-state index contributed by atoms with van der Waals surface area (Å²) in [5.41, 5.74) is 6.75. The van der Waals surface area contributed by atoms with Crippen molar-refractivity contribution in [2.45, 2.75) is 25.4 Å². The van der Waals surface area contributed by atoms with Crippen LogP contribution in [-0.2, 0) is 6.42 Å². The Morgan fingerprint density at radius 1 is 1.33 bits per heavy atom. The number of aliphatic hydroxyl groups is 1. The van der Waals surface area contributed by atoms with E-state index < -0.39 is 0 Å². The van der Waals surface area contributed by atoms with E-state index in [4.69, 9.17) is 5.73 Å². The lowest BCUT2D eigenvalue weighted by Gasteiger charge is -2.20. The highest BCUT2D eigenvalue weighted by atomic mass is 16.3. The Hall–Kier alpha value is -0.900. The van der Waals surface area contributed by atoms with Crippen molar-refractivity contribution < 1.29 is 5.11 Å². The third-order valence-electron chi connectivity index (χ3n) is 2.42. The maximum atomic E-state index is 9.23. The topological polar surface area (TPSA) is 58.3 Å². The summed E-state index contributed by atoms with van der Waals surface area (Å²) in [5, 5.41) is 12.5. The average molecular weight is 208 g/mol. The highest BCUT2D eigenvalue weighted by molar-refractivity contribution is 5.15. The van der Waals surface area contributed by atoms with Gasteiger partial charge in [-0.1, -0.05) is 30.3 Å². The first kappa shape index (κ1) is 12.2. The van der Waals surface area contributed by atoms with Gasteiger partial charge >= 0.3 is 0 Å². The van der Waals surface area contributed by atoms with Crippen LogP contribution in [0.3, 0.4) is 0 Å². The first-order valence-corrected chi connectivity index (χ1v) is 5.37. The zero-order chi connectivity index (χ0) is 11.1. The van der Waals surface area contributed by atoms with Crippen LogP contribution in [0.2, 0.25) is 0 Å². The lowest BCUT2D eigenvalue weighted by molar-refractivity contribution is 0.233. The van der Waals surface area contributed by atoms with E-state index in [1.165, 1.54) is 5.56 Å². The van der Waals surface area contributed by atoms with Gasteiger partial charge in [0.15, 0.2) is 0 Å². The van der Waals surface area contributed by atoms with E-state index in [1.54, 1.807) is 0 Å². The van der Waals surface area contributed by atoms with Crippen LogP contribution in [-0.4, -0.2) is 30.3 Å². The van der Waals surface area contributed by atoms with E-state index in [-0.39, 0.29) is 18.7 Å². The summed E-state index contributed by atoms with van der Waals surface area (Å²) in [7, 11) is 0. The molecule has 0 bridgehead atoms. The molecule has 0 aromatic heterocycles. The Labute approximate surface area is 91.3 Å². The van der Waals surface area contributed by atoms with Crippen LogP contribution in [0, 0.1) is 0 Å². The van der Waals surface area contributed by atoms with Crippen LogP contribution in [0.25, 0.3) is 0 Å². The summed E-state index contributed by atoms with van der Waals surface area (Å²) in [6, 6.07) is 10.5. The number of nitrogens with two attached hydrogens (primary N) is 1. The number of aliphatic hydroxyl groups excluding tert-OH is 1. The van der Waals surface area contributed by atoms with E-state index in [0.717, 1.165) is 6.42 Å². The number of hydrogen-bond acceptors (Lipinski definition) is 3. The number of benzene rings is 1. The third-order valence-corrected chi connectivity index (χ3v) is 2.42. The Bertz CT molecular complexity index is 264. The van der Waals surface area contributed by atoms with Crippen molar-refractivity contribution in [1.82, 2.24) is 5.32 Å². The van der Waals surface area contributed by atoms with Crippen molar-refractivity contribution in [2.75, 3.05) is 13.2 Å². The Balaban J connectivity index is 2.47. The molecule has 1 aromatic carbocycles. The second-order valence-electron chi connectivity index (χ2n) is 3.87. The molecule has 15 heavy (non-hydrogen) atoms. The van der Waals surface area contributed by atoms with Crippen LogP contribution >= 0.6 is 0 Å². The molecule has 1 rings (SSSR count). The zero-order valence-corrected chi connectivity index (χ0v) is 9.19. The van der Waals surface area contributed by atoms with Crippen molar-refractivity contribution in [3.05, 3.63) is 35.9 Å². The molecule has 0 aliphatic carbocycles. The van der Waals surface area contributed by atoms with Gasteiger partial charge in [-0.3, -0.25) is 0 Å². The van der Waals surface area contributed by atoms with Crippen molar-refractivity contribution in [2.24, 2.45) is 5.73 Å². The first-order chi connectivity index (χ1) is 7.26. The second-order valence-corrected chi connectivity index (χ2v) is 3.87. The minimum Gasteiger partial charge on any atom is -0.395 e. The predicted molar refractivity (Wildman–Crippen MR) is 62.7 cm³/mol. The molecular weight excluding hydrogens is 188 g/mol. The molecule has 1 aromatic rings. The Morgan fingerprint density at radius 2 is 2.00 bits per heavy atom. The smallest absolute Gasteiger partial charge is 0.0587 e. The molecule has 0 radical (unpaired) electrons. The van der Waals surface area contributed by atoms with Gasteiger partial charge in [0.1, 0.15) is 0 Å². The number of hydrogen-bond donors (Lipinski definition) is 3. The summed E-state index contributed by atoms with van der Waals surface area (Å²) < 4.78 is 0. The van der Waals surface area contributed by atoms with Crippen LogP contribution in [0.1, 0.15) is 12.5 Å². The molecule has 4 N–H and O–H groups in total. The molecule has 0 amide bonds. The summed E-state index contributed by atoms with van der Waals surface area (Å²) in [6.45, 7) is 2.75.